The van der Waals surface area contributed by atoms with Crippen molar-refractivity contribution in [3.63, 3.8) is 0 Å². The Balaban J connectivity index is 1.10. The first-order valence-electron chi connectivity index (χ1n) is 16.2. The fourth-order valence-corrected chi connectivity index (χ4v) is 8.93. The average Bonchev–Trinajstić information content (AvgIpc) is 3.79. The van der Waals surface area contributed by atoms with Gasteiger partial charge in [0.1, 0.15) is 0 Å². The molecule has 0 saturated carbocycles. The zero-order chi connectivity index (χ0) is 29.2. The van der Waals surface area contributed by atoms with Crippen molar-refractivity contribution in [2.75, 3.05) is 0 Å². The Labute approximate surface area is 262 Å². The highest BCUT2D eigenvalue weighted by atomic mass is 14.4. The monoisotopic (exact) mass is 568 g/mol. The Kier molecular flexibility index (Phi) is 4.57. The Hall–Kier alpha value is -5.46. The molecule has 0 heterocycles. The van der Waals surface area contributed by atoms with E-state index in [9.17, 15) is 0 Å². The normalized spacial score (nSPS) is 13.5. The molecular formula is C45H28. The molecule has 0 unspecified atom stereocenters. The minimum absolute atomic E-state index is 0.992. The van der Waals surface area contributed by atoms with Gasteiger partial charge in [-0.2, -0.15) is 0 Å². The second-order valence-electron chi connectivity index (χ2n) is 13.2. The van der Waals surface area contributed by atoms with E-state index in [4.69, 9.17) is 0 Å². The second-order valence-corrected chi connectivity index (χ2v) is 13.2. The lowest BCUT2D eigenvalue weighted by molar-refractivity contribution is 1.24. The molecule has 0 amide bonds. The molecule has 0 N–H and O–H groups in total. The van der Waals surface area contributed by atoms with E-state index in [1.54, 1.807) is 26.9 Å². The predicted molar refractivity (Wildman–Crippen MR) is 189 cm³/mol. The minimum Gasteiger partial charge on any atom is -0.0622 e. The van der Waals surface area contributed by atoms with Gasteiger partial charge in [-0.3, -0.25) is 0 Å². The summed E-state index contributed by atoms with van der Waals surface area (Å²) in [6, 6.07) is 49.9. The van der Waals surface area contributed by atoms with Gasteiger partial charge in [-0.05, 0) is 142 Å². The lowest BCUT2D eigenvalue weighted by Gasteiger charge is -2.14. The Morgan fingerprint density at radius 3 is 1.09 bits per heavy atom. The maximum Gasteiger partial charge on any atom is -0.0000653 e. The Morgan fingerprint density at radius 2 is 0.622 bits per heavy atom. The molecule has 45 heavy (non-hydrogen) atoms. The van der Waals surface area contributed by atoms with Crippen molar-refractivity contribution < 1.29 is 0 Å². The lowest BCUT2D eigenvalue weighted by Crippen LogP contribution is -1.93. The van der Waals surface area contributed by atoms with Crippen molar-refractivity contribution in [3.8, 4) is 44.5 Å². The molecule has 11 rings (SSSR count). The summed E-state index contributed by atoms with van der Waals surface area (Å²) in [6.07, 6.45) is 3.07. The van der Waals surface area contributed by atoms with E-state index in [0.717, 1.165) is 19.3 Å². The van der Waals surface area contributed by atoms with Crippen LogP contribution in [0.5, 0.6) is 0 Å². The highest BCUT2D eigenvalue weighted by Gasteiger charge is 2.34. The topological polar surface area (TPSA) is 0 Å². The summed E-state index contributed by atoms with van der Waals surface area (Å²) in [7, 11) is 0. The van der Waals surface area contributed by atoms with Gasteiger partial charge in [-0.1, -0.05) is 121 Å². The third-order valence-electron chi connectivity index (χ3n) is 10.9. The first kappa shape index (κ1) is 23.9. The van der Waals surface area contributed by atoms with Crippen LogP contribution in [0.15, 0.2) is 133 Å². The summed E-state index contributed by atoms with van der Waals surface area (Å²) in [6.45, 7) is 0. The molecule has 208 valence electrons. The van der Waals surface area contributed by atoms with Gasteiger partial charge in [0.15, 0.2) is 0 Å². The average molecular weight is 569 g/mol. The minimum atomic E-state index is 0.992. The van der Waals surface area contributed by atoms with Crippen LogP contribution in [0, 0.1) is 0 Å². The molecular weight excluding hydrogens is 540 g/mol. The van der Waals surface area contributed by atoms with Crippen LogP contribution >= 0.6 is 0 Å². The molecule has 0 radical (unpaired) electrons. The van der Waals surface area contributed by atoms with Gasteiger partial charge in [0.25, 0.3) is 0 Å². The molecule has 0 fully saturated rings. The van der Waals surface area contributed by atoms with Gasteiger partial charge in [-0.15, -0.1) is 0 Å². The van der Waals surface area contributed by atoms with E-state index in [1.807, 2.05) is 0 Å². The van der Waals surface area contributed by atoms with Crippen LogP contribution in [0.25, 0.3) is 76.8 Å². The van der Waals surface area contributed by atoms with Crippen LogP contribution in [-0.2, 0) is 19.3 Å². The molecule has 3 aliphatic rings. The lowest BCUT2D eigenvalue weighted by atomic mass is 9.89. The molecule has 0 nitrogen and oxygen atoms in total. The van der Waals surface area contributed by atoms with Crippen LogP contribution in [-0.4, -0.2) is 0 Å². The highest BCUT2D eigenvalue weighted by Crippen LogP contribution is 2.56. The number of rotatable bonds is 4. The zero-order valence-corrected chi connectivity index (χ0v) is 24.8. The third-order valence-corrected chi connectivity index (χ3v) is 10.9. The summed E-state index contributed by atoms with van der Waals surface area (Å²) >= 11 is 0. The smallest absolute Gasteiger partial charge is 0.0000653 e. The standard InChI is InChI=1S/C45H28/c1-3-7-26(8-4-1)27-11-13-28(14-12-27)29-15-17-31(18-16-29)37-24-35-22-33-20-19-32-21-34-23-36(30-9-5-2-6-10-30)38-25-39(37)45-43(35)41(33)40(32)42(34)44(38)45/h1-20,23-24H,21-22,25H2. The van der Waals surface area contributed by atoms with Crippen molar-refractivity contribution >= 4 is 32.3 Å². The summed E-state index contributed by atoms with van der Waals surface area (Å²) < 4.78 is 0. The van der Waals surface area contributed by atoms with Crippen molar-refractivity contribution in [2.45, 2.75) is 19.3 Å². The maximum absolute atomic E-state index is 2.54. The summed E-state index contributed by atoms with van der Waals surface area (Å²) in [5.41, 5.74) is 19.6. The molecule has 3 aliphatic carbocycles. The van der Waals surface area contributed by atoms with Crippen molar-refractivity contribution in [3.05, 3.63) is 167 Å². The largest absolute Gasteiger partial charge is 0.0622 e. The van der Waals surface area contributed by atoms with Gasteiger partial charge in [0, 0.05) is 0 Å². The summed E-state index contributed by atoms with van der Waals surface area (Å²) in [5, 5.41) is 9.26. The zero-order valence-electron chi connectivity index (χ0n) is 24.8. The molecule has 0 aromatic heterocycles. The van der Waals surface area contributed by atoms with Crippen LogP contribution < -0.4 is 0 Å². The maximum atomic E-state index is 2.54. The van der Waals surface area contributed by atoms with Crippen molar-refractivity contribution in [1.29, 1.82) is 0 Å². The molecule has 8 aromatic rings. The van der Waals surface area contributed by atoms with E-state index in [-0.39, 0.29) is 0 Å². The SMILES string of the molecule is c1ccc(-c2ccc(-c3ccc(-c4cc5c6c7c(ccc8c7c7c(cc(-c9ccccc9)c9c7c6c4C9)C8)C5)cc3)cc2)cc1. The van der Waals surface area contributed by atoms with Gasteiger partial charge in [0.05, 0.1) is 0 Å². The van der Waals surface area contributed by atoms with E-state index in [0.29, 0.717) is 0 Å². The van der Waals surface area contributed by atoms with E-state index >= 15 is 0 Å². The van der Waals surface area contributed by atoms with Crippen LogP contribution in [0.4, 0.5) is 0 Å². The van der Waals surface area contributed by atoms with Gasteiger partial charge >= 0.3 is 0 Å². The van der Waals surface area contributed by atoms with Crippen molar-refractivity contribution in [2.24, 2.45) is 0 Å². The first-order valence-corrected chi connectivity index (χ1v) is 16.2. The molecule has 0 atom stereocenters. The van der Waals surface area contributed by atoms with Gasteiger partial charge in [0.2, 0.25) is 0 Å². The van der Waals surface area contributed by atoms with E-state index < -0.39 is 0 Å². The van der Waals surface area contributed by atoms with E-state index in [2.05, 4.69) is 133 Å². The predicted octanol–water partition coefficient (Wildman–Crippen LogP) is 11.5. The van der Waals surface area contributed by atoms with Gasteiger partial charge in [-0.25, -0.2) is 0 Å². The molecule has 8 aromatic carbocycles. The van der Waals surface area contributed by atoms with Crippen LogP contribution in [0.1, 0.15) is 33.4 Å². The summed E-state index contributed by atoms with van der Waals surface area (Å²) in [5.74, 6) is 0. The summed E-state index contributed by atoms with van der Waals surface area (Å²) in [4.78, 5) is 0. The van der Waals surface area contributed by atoms with Crippen LogP contribution in [0.3, 0.4) is 0 Å². The Bertz CT molecular complexity index is 2550. The Morgan fingerprint density at radius 1 is 0.267 bits per heavy atom. The fourth-order valence-electron chi connectivity index (χ4n) is 8.93. The van der Waals surface area contributed by atoms with E-state index in [1.165, 1.54) is 83.3 Å². The molecule has 0 saturated heterocycles. The number of benzene rings is 8. The highest BCUT2D eigenvalue weighted by molar-refractivity contribution is 6.34. The van der Waals surface area contributed by atoms with Crippen molar-refractivity contribution in [1.82, 2.24) is 0 Å². The fraction of sp³-hybridized carbons (Fsp3) is 0.0667. The third kappa shape index (κ3) is 3.16. The second kappa shape index (κ2) is 8.58. The quantitative estimate of drug-likeness (QED) is 0.185. The molecule has 0 bridgehead atoms. The molecule has 0 aliphatic heterocycles. The molecule has 0 heteroatoms. The number of hydrogen-bond donors (Lipinski definition) is 0. The molecule has 0 spiro atoms. The number of hydrogen-bond acceptors (Lipinski definition) is 0. The van der Waals surface area contributed by atoms with Crippen LogP contribution in [0.2, 0.25) is 0 Å². The van der Waals surface area contributed by atoms with Gasteiger partial charge < -0.3 is 0 Å². The first-order chi connectivity index (χ1) is 22.3.